The third kappa shape index (κ3) is 8.57. The predicted octanol–water partition coefficient (Wildman–Crippen LogP) is 2.53. The molecule has 174 valence electrons. The molecule has 0 spiro atoms. The normalized spacial score (nSPS) is 20.4. The Kier molecular flexibility index (Phi) is 11.6. The van der Waals surface area contributed by atoms with E-state index in [1.54, 1.807) is 0 Å². The zero-order chi connectivity index (χ0) is 21.2. The summed E-state index contributed by atoms with van der Waals surface area (Å²) in [7, 11) is 0. The van der Waals surface area contributed by atoms with Crippen molar-refractivity contribution in [2.24, 2.45) is 10.9 Å². The maximum atomic E-state index is 12.6. The third-order valence-electron chi connectivity index (χ3n) is 5.77. The highest BCUT2D eigenvalue weighted by Crippen LogP contribution is 2.27. The SMILES string of the molecule is CCNC(=NCC(O)COCc1ccccc1)NC1CCN(C(=O)C2CCCC2)C1.I. The minimum atomic E-state index is -0.659. The average molecular weight is 544 g/mol. The molecular weight excluding hydrogens is 507 g/mol. The Balaban J connectivity index is 0.00000341. The Morgan fingerprint density at radius 2 is 2.00 bits per heavy atom. The van der Waals surface area contributed by atoms with Crippen LogP contribution < -0.4 is 10.6 Å². The summed E-state index contributed by atoms with van der Waals surface area (Å²) in [4.78, 5) is 19.1. The summed E-state index contributed by atoms with van der Waals surface area (Å²) in [5.74, 6) is 1.24. The molecule has 2 aliphatic rings. The number of rotatable bonds is 9. The summed E-state index contributed by atoms with van der Waals surface area (Å²) in [5.41, 5.74) is 1.08. The fraction of sp³-hybridized carbons (Fsp3) is 0.652. The van der Waals surface area contributed by atoms with Gasteiger partial charge < -0.3 is 25.4 Å². The van der Waals surface area contributed by atoms with Crippen molar-refractivity contribution >= 4 is 35.8 Å². The second-order valence-corrected chi connectivity index (χ2v) is 8.27. The summed E-state index contributed by atoms with van der Waals surface area (Å²) < 4.78 is 5.59. The predicted molar refractivity (Wildman–Crippen MR) is 134 cm³/mol. The summed E-state index contributed by atoms with van der Waals surface area (Å²) in [6.07, 6.45) is 4.71. The number of benzene rings is 1. The zero-order valence-corrected chi connectivity index (χ0v) is 20.8. The number of carbonyl (C=O) groups is 1. The van der Waals surface area contributed by atoms with Gasteiger partial charge in [0.1, 0.15) is 0 Å². The molecule has 0 aromatic heterocycles. The molecule has 2 atom stereocenters. The molecule has 0 radical (unpaired) electrons. The van der Waals surface area contributed by atoms with Crippen LogP contribution in [0.1, 0.15) is 44.6 Å². The highest BCUT2D eigenvalue weighted by Gasteiger charge is 2.32. The van der Waals surface area contributed by atoms with Crippen LogP contribution >= 0.6 is 24.0 Å². The maximum absolute atomic E-state index is 12.6. The number of ether oxygens (including phenoxy) is 1. The summed E-state index contributed by atoms with van der Waals surface area (Å²) in [5, 5.41) is 16.9. The molecule has 2 fully saturated rings. The molecule has 1 aromatic rings. The third-order valence-corrected chi connectivity index (χ3v) is 5.77. The van der Waals surface area contributed by atoms with Crippen molar-refractivity contribution in [2.45, 2.75) is 57.8 Å². The number of aliphatic hydroxyl groups is 1. The quantitative estimate of drug-likeness (QED) is 0.253. The van der Waals surface area contributed by atoms with Crippen molar-refractivity contribution in [1.29, 1.82) is 0 Å². The number of carbonyl (C=O) groups excluding carboxylic acids is 1. The first-order valence-electron chi connectivity index (χ1n) is 11.3. The minimum Gasteiger partial charge on any atom is -0.389 e. The van der Waals surface area contributed by atoms with E-state index >= 15 is 0 Å². The van der Waals surface area contributed by atoms with Crippen LogP contribution in [0.4, 0.5) is 0 Å². The smallest absolute Gasteiger partial charge is 0.225 e. The molecule has 3 N–H and O–H groups in total. The van der Waals surface area contributed by atoms with Gasteiger partial charge in [-0.25, -0.2) is 0 Å². The molecule has 1 amide bonds. The molecule has 1 aliphatic carbocycles. The van der Waals surface area contributed by atoms with Crippen LogP contribution in [-0.2, 0) is 16.1 Å². The van der Waals surface area contributed by atoms with Gasteiger partial charge in [-0.1, -0.05) is 43.2 Å². The van der Waals surface area contributed by atoms with Gasteiger partial charge in [0.15, 0.2) is 5.96 Å². The van der Waals surface area contributed by atoms with Crippen LogP contribution in [0.3, 0.4) is 0 Å². The van der Waals surface area contributed by atoms with Gasteiger partial charge >= 0.3 is 0 Å². The van der Waals surface area contributed by atoms with Crippen molar-refractivity contribution in [3.8, 4) is 0 Å². The lowest BCUT2D eigenvalue weighted by Gasteiger charge is -2.21. The van der Waals surface area contributed by atoms with Crippen LogP contribution in [-0.4, -0.2) is 66.8 Å². The van der Waals surface area contributed by atoms with Gasteiger partial charge in [-0.3, -0.25) is 9.79 Å². The van der Waals surface area contributed by atoms with Gasteiger partial charge in [0.05, 0.1) is 25.9 Å². The lowest BCUT2D eigenvalue weighted by molar-refractivity contribution is -0.134. The Hall–Kier alpha value is -1.39. The zero-order valence-electron chi connectivity index (χ0n) is 18.5. The number of hydrogen-bond donors (Lipinski definition) is 3. The minimum absolute atomic E-state index is 0. The lowest BCUT2D eigenvalue weighted by Crippen LogP contribution is -2.45. The highest BCUT2D eigenvalue weighted by atomic mass is 127. The molecule has 2 unspecified atom stereocenters. The molecule has 8 heteroatoms. The summed E-state index contributed by atoms with van der Waals surface area (Å²) in [6.45, 7) is 5.27. The van der Waals surface area contributed by atoms with Crippen LogP contribution in [0, 0.1) is 5.92 Å². The maximum Gasteiger partial charge on any atom is 0.225 e. The van der Waals surface area contributed by atoms with E-state index in [9.17, 15) is 9.90 Å². The van der Waals surface area contributed by atoms with E-state index < -0.39 is 6.10 Å². The molecule has 31 heavy (non-hydrogen) atoms. The van der Waals surface area contributed by atoms with Gasteiger partial charge in [0.25, 0.3) is 0 Å². The number of nitrogens with one attached hydrogen (secondary N) is 2. The van der Waals surface area contributed by atoms with E-state index in [0.717, 1.165) is 44.5 Å². The molecular formula is C23H37IN4O3. The first kappa shape index (κ1) is 25.9. The first-order chi connectivity index (χ1) is 14.7. The Morgan fingerprint density at radius 1 is 1.26 bits per heavy atom. The van der Waals surface area contributed by atoms with Crippen LogP contribution in [0.25, 0.3) is 0 Å². The largest absolute Gasteiger partial charge is 0.389 e. The Morgan fingerprint density at radius 3 is 2.71 bits per heavy atom. The van der Waals surface area contributed by atoms with E-state index in [4.69, 9.17) is 4.74 Å². The van der Waals surface area contributed by atoms with Crippen molar-refractivity contribution in [3.63, 3.8) is 0 Å². The van der Waals surface area contributed by atoms with E-state index in [1.165, 1.54) is 12.8 Å². The topological polar surface area (TPSA) is 86.2 Å². The molecule has 7 nitrogen and oxygen atoms in total. The summed E-state index contributed by atoms with van der Waals surface area (Å²) in [6, 6.07) is 10.1. The molecule has 1 saturated carbocycles. The molecule has 3 rings (SSSR count). The molecule has 0 bridgehead atoms. The van der Waals surface area contributed by atoms with Crippen molar-refractivity contribution in [3.05, 3.63) is 35.9 Å². The number of aliphatic imine (C=N–C) groups is 1. The lowest BCUT2D eigenvalue weighted by atomic mass is 10.1. The molecule has 1 aliphatic heterocycles. The van der Waals surface area contributed by atoms with E-state index in [-0.39, 0.29) is 49.1 Å². The second kappa shape index (κ2) is 13.9. The average Bonchev–Trinajstić information content (AvgIpc) is 3.45. The van der Waals surface area contributed by atoms with Crippen molar-refractivity contribution < 1.29 is 14.6 Å². The van der Waals surface area contributed by atoms with Crippen molar-refractivity contribution in [1.82, 2.24) is 15.5 Å². The molecule has 1 heterocycles. The Bertz CT molecular complexity index is 683. The first-order valence-corrected chi connectivity index (χ1v) is 11.3. The Labute approximate surface area is 203 Å². The van der Waals surface area contributed by atoms with Crippen molar-refractivity contribution in [2.75, 3.05) is 32.8 Å². The van der Waals surface area contributed by atoms with Gasteiger partial charge in [0.2, 0.25) is 5.91 Å². The van der Waals surface area contributed by atoms with E-state index in [1.807, 2.05) is 42.2 Å². The number of guanidine groups is 1. The van der Waals surface area contributed by atoms with E-state index in [2.05, 4.69) is 15.6 Å². The van der Waals surface area contributed by atoms with E-state index in [0.29, 0.717) is 18.5 Å². The number of hydrogen-bond acceptors (Lipinski definition) is 4. The molecule has 1 aromatic carbocycles. The van der Waals surface area contributed by atoms with Crippen LogP contribution in [0.15, 0.2) is 35.3 Å². The summed E-state index contributed by atoms with van der Waals surface area (Å²) >= 11 is 0. The van der Waals surface area contributed by atoms with Gasteiger partial charge in [-0.05, 0) is 31.7 Å². The fourth-order valence-electron chi connectivity index (χ4n) is 4.16. The van der Waals surface area contributed by atoms with Gasteiger partial charge in [0, 0.05) is 31.6 Å². The highest BCUT2D eigenvalue weighted by molar-refractivity contribution is 14.0. The monoisotopic (exact) mass is 544 g/mol. The number of likely N-dealkylation sites (tertiary alicyclic amines) is 1. The number of halogens is 1. The fourth-order valence-corrected chi connectivity index (χ4v) is 4.16. The number of nitrogens with zero attached hydrogens (tertiary/aromatic N) is 2. The standard InChI is InChI=1S/C23H36N4O3.HI/c1-2-24-23(25-14-21(28)17-30-16-18-8-4-3-5-9-18)26-20-12-13-27(15-20)22(29)19-10-6-7-11-19;/h3-5,8-9,19-21,28H,2,6-7,10-17H2,1H3,(H2,24,25,26);1H. The number of aliphatic hydroxyl groups excluding tert-OH is 1. The second-order valence-electron chi connectivity index (χ2n) is 8.27. The molecule has 1 saturated heterocycles. The number of amides is 1. The van der Waals surface area contributed by atoms with Crippen LogP contribution in [0.2, 0.25) is 0 Å². The van der Waals surface area contributed by atoms with Gasteiger partial charge in [-0.15, -0.1) is 24.0 Å². The van der Waals surface area contributed by atoms with Crippen LogP contribution in [0.5, 0.6) is 0 Å². The van der Waals surface area contributed by atoms with Gasteiger partial charge in [-0.2, -0.15) is 0 Å².